The number of ether oxygens (including phenoxy) is 1. The molecule has 1 amide bonds. The Morgan fingerprint density at radius 3 is 2.45 bits per heavy atom. The molecule has 0 saturated heterocycles. The lowest BCUT2D eigenvalue weighted by molar-refractivity contribution is -0.119. The fraction of sp³-hybridized carbons (Fsp3) is 0.429. The number of carbonyl (C=O) groups excluding carboxylic acids is 2. The Balaban J connectivity index is 2.39. The Labute approximate surface area is 129 Å². The minimum atomic E-state index is -4.19. The fourth-order valence-corrected chi connectivity index (χ4v) is 2.65. The number of esters is 1. The highest BCUT2D eigenvalue weighted by Crippen LogP contribution is 2.05. The molecule has 1 unspecified atom stereocenters. The Morgan fingerprint density at radius 1 is 1.27 bits per heavy atom. The smallest absolute Gasteiger partial charge is 0.338 e. The molecule has 8 heteroatoms. The van der Waals surface area contributed by atoms with Crippen LogP contribution in [-0.4, -0.2) is 43.2 Å². The van der Waals surface area contributed by atoms with E-state index < -0.39 is 33.8 Å². The van der Waals surface area contributed by atoms with Crippen molar-refractivity contribution >= 4 is 22.0 Å². The molecule has 0 saturated carbocycles. The molecule has 1 aromatic carbocycles. The van der Waals surface area contributed by atoms with E-state index in [0.29, 0.717) is 12.0 Å². The van der Waals surface area contributed by atoms with Gasteiger partial charge in [0, 0.05) is 13.0 Å². The van der Waals surface area contributed by atoms with Crippen LogP contribution in [0.1, 0.15) is 30.1 Å². The van der Waals surface area contributed by atoms with Crippen LogP contribution in [0.4, 0.5) is 0 Å². The maximum absolute atomic E-state index is 11.7. The maximum Gasteiger partial charge on any atom is 0.338 e. The molecule has 0 aliphatic heterocycles. The molecule has 0 bridgehead atoms. The van der Waals surface area contributed by atoms with Gasteiger partial charge in [-0.05, 0) is 25.0 Å². The average Bonchev–Trinajstić information content (AvgIpc) is 2.41. The summed E-state index contributed by atoms with van der Waals surface area (Å²) in [6.07, 6.45) is 0.625. The Morgan fingerprint density at radius 2 is 1.91 bits per heavy atom. The van der Waals surface area contributed by atoms with Crippen molar-refractivity contribution in [3.63, 3.8) is 0 Å². The molecule has 1 atom stereocenters. The van der Waals surface area contributed by atoms with E-state index in [1.165, 1.54) is 6.92 Å². The van der Waals surface area contributed by atoms with Gasteiger partial charge in [0.15, 0.2) is 0 Å². The lowest BCUT2D eigenvalue weighted by Gasteiger charge is -2.16. The Bertz CT molecular complexity index is 599. The molecule has 0 aliphatic carbocycles. The van der Waals surface area contributed by atoms with Crippen LogP contribution in [0.2, 0.25) is 0 Å². The average molecular weight is 329 g/mol. The molecule has 0 radical (unpaired) electrons. The van der Waals surface area contributed by atoms with Gasteiger partial charge in [-0.15, -0.1) is 0 Å². The predicted molar refractivity (Wildman–Crippen MR) is 80.0 cm³/mol. The number of hydrogen-bond acceptors (Lipinski definition) is 5. The highest BCUT2D eigenvalue weighted by molar-refractivity contribution is 7.85. The van der Waals surface area contributed by atoms with E-state index >= 15 is 0 Å². The highest BCUT2D eigenvalue weighted by Gasteiger charge is 2.17. The van der Waals surface area contributed by atoms with E-state index in [2.05, 4.69) is 5.32 Å². The summed E-state index contributed by atoms with van der Waals surface area (Å²) in [5.41, 5.74) is 0.429. The molecule has 1 rings (SSSR count). The summed E-state index contributed by atoms with van der Waals surface area (Å²) >= 11 is 0. The number of amides is 1. The molecule has 1 aromatic rings. The summed E-state index contributed by atoms with van der Waals surface area (Å²) in [7, 11) is -4.19. The Hall–Kier alpha value is -1.93. The number of carbonyl (C=O) groups is 2. The Kier molecular flexibility index (Phi) is 7.00. The molecule has 22 heavy (non-hydrogen) atoms. The SMILES string of the molecule is CC(=O)NC(CCCOC(=O)c1ccccc1)CS(=O)(=O)O. The molecule has 0 fully saturated rings. The number of rotatable bonds is 8. The van der Waals surface area contributed by atoms with E-state index in [1.807, 2.05) is 0 Å². The summed E-state index contributed by atoms with van der Waals surface area (Å²) in [4.78, 5) is 22.7. The summed E-state index contributed by atoms with van der Waals surface area (Å²) < 4.78 is 35.6. The van der Waals surface area contributed by atoms with Crippen molar-refractivity contribution in [2.75, 3.05) is 12.4 Å². The normalized spacial score (nSPS) is 12.5. The van der Waals surface area contributed by atoms with Crippen LogP contribution in [0.15, 0.2) is 30.3 Å². The molecule has 0 aliphatic rings. The second-order valence-corrected chi connectivity index (χ2v) is 6.29. The van der Waals surface area contributed by atoms with Gasteiger partial charge in [-0.1, -0.05) is 18.2 Å². The predicted octanol–water partition coefficient (Wildman–Crippen LogP) is 1.02. The van der Waals surface area contributed by atoms with Crippen molar-refractivity contribution in [1.29, 1.82) is 0 Å². The van der Waals surface area contributed by atoms with Gasteiger partial charge in [0.1, 0.15) is 0 Å². The first-order chi connectivity index (χ1) is 10.3. The summed E-state index contributed by atoms with van der Waals surface area (Å²) in [6.45, 7) is 1.35. The van der Waals surface area contributed by atoms with Crippen molar-refractivity contribution < 1.29 is 27.3 Å². The summed E-state index contributed by atoms with van der Waals surface area (Å²) in [5.74, 6) is -1.43. The molecule has 0 spiro atoms. The monoisotopic (exact) mass is 329 g/mol. The topological polar surface area (TPSA) is 110 Å². The van der Waals surface area contributed by atoms with Crippen molar-refractivity contribution in [1.82, 2.24) is 5.32 Å². The second kappa shape index (κ2) is 8.50. The molecule has 122 valence electrons. The van der Waals surface area contributed by atoms with Crippen LogP contribution >= 0.6 is 0 Å². The van der Waals surface area contributed by atoms with Crippen LogP contribution < -0.4 is 5.32 Å². The standard InChI is InChI=1S/C14H19NO6S/c1-11(16)15-13(10-22(18,19)20)8-5-9-21-14(17)12-6-3-2-4-7-12/h2-4,6-7,13H,5,8-10H2,1H3,(H,15,16)(H,18,19,20). The van der Waals surface area contributed by atoms with Crippen molar-refractivity contribution in [2.45, 2.75) is 25.8 Å². The van der Waals surface area contributed by atoms with Crippen LogP contribution in [0, 0.1) is 0 Å². The molecule has 2 N–H and O–H groups in total. The molecule has 7 nitrogen and oxygen atoms in total. The van der Waals surface area contributed by atoms with E-state index in [9.17, 15) is 18.0 Å². The van der Waals surface area contributed by atoms with Gasteiger partial charge < -0.3 is 10.1 Å². The van der Waals surface area contributed by atoms with Gasteiger partial charge in [-0.3, -0.25) is 9.35 Å². The third-order valence-corrected chi connectivity index (χ3v) is 3.58. The number of hydrogen-bond donors (Lipinski definition) is 2. The first-order valence-electron chi connectivity index (χ1n) is 6.72. The lowest BCUT2D eigenvalue weighted by Crippen LogP contribution is -2.38. The van der Waals surface area contributed by atoms with Gasteiger partial charge in [0.25, 0.3) is 10.1 Å². The van der Waals surface area contributed by atoms with E-state index in [0.717, 1.165) is 0 Å². The lowest BCUT2D eigenvalue weighted by atomic mass is 10.2. The zero-order chi connectivity index (χ0) is 16.6. The van der Waals surface area contributed by atoms with Crippen molar-refractivity contribution in [3.8, 4) is 0 Å². The molecular weight excluding hydrogens is 310 g/mol. The minimum absolute atomic E-state index is 0.0925. The van der Waals surface area contributed by atoms with Gasteiger partial charge in [0.05, 0.1) is 17.9 Å². The first kappa shape index (κ1) is 18.1. The first-order valence-corrected chi connectivity index (χ1v) is 8.33. The van der Waals surface area contributed by atoms with Gasteiger partial charge in [0.2, 0.25) is 5.91 Å². The molecule has 0 aromatic heterocycles. The van der Waals surface area contributed by atoms with E-state index in [-0.39, 0.29) is 13.0 Å². The van der Waals surface area contributed by atoms with E-state index in [4.69, 9.17) is 9.29 Å². The van der Waals surface area contributed by atoms with Crippen LogP contribution in [0.25, 0.3) is 0 Å². The second-order valence-electron chi connectivity index (χ2n) is 4.79. The third kappa shape index (κ3) is 7.75. The van der Waals surface area contributed by atoms with Crippen molar-refractivity contribution in [3.05, 3.63) is 35.9 Å². The van der Waals surface area contributed by atoms with Crippen LogP contribution in [-0.2, 0) is 19.6 Å². The van der Waals surface area contributed by atoms with E-state index in [1.54, 1.807) is 30.3 Å². The maximum atomic E-state index is 11.7. The fourth-order valence-electron chi connectivity index (χ4n) is 1.89. The minimum Gasteiger partial charge on any atom is -0.462 e. The zero-order valence-electron chi connectivity index (χ0n) is 12.2. The highest BCUT2D eigenvalue weighted by atomic mass is 32.2. The molecule has 0 heterocycles. The van der Waals surface area contributed by atoms with Gasteiger partial charge >= 0.3 is 5.97 Å². The number of nitrogens with one attached hydrogen (secondary N) is 1. The largest absolute Gasteiger partial charge is 0.462 e. The van der Waals surface area contributed by atoms with Gasteiger partial charge in [-0.25, -0.2) is 4.79 Å². The summed E-state index contributed by atoms with van der Waals surface area (Å²) in [6, 6.07) is 7.75. The third-order valence-electron chi connectivity index (χ3n) is 2.76. The molecular formula is C14H19NO6S. The van der Waals surface area contributed by atoms with Gasteiger partial charge in [-0.2, -0.15) is 8.42 Å². The summed E-state index contributed by atoms with van der Waals surface area (Å²) in [5, 5.41) is 2.44. The van der Waals surface area contributed by atoms with Crippen LogP contribution in [0.3, 0.4) is 0 Å². The quantitative estimate of drug-likeness (QED) is 0.418. The number of benzene rings is 1. The van der Waals surface area contributed by atoms with Crippen molar-refractivity contribution in [2.24, 2.45) is 0 Å². The zero-order valence-corrected chi connectivity index (χ0v) is 13.0. The van der Waals surface area contributed by atoms with Crippen LogP contribution in [0.5, 0.6) is 0 Å².